The predicted octanol–water partition coefficient (Wildman–Crippen LogP) is 5.79. The number of halogens is 2. The first-order chi connectivity index (χ1) is 15.4. The fourth-order valence-electron chi connectivity index (χ4n) is 3.64. The van der Waals surface area contributed by atoms with E-state index in [0.717, 1.165) is 26.6 Å². The Morgan fingerprint density at radius 1 is 1.19 bits per heavy atom. The van der Waals surface area contributed by atoms with Gasteiger partial charge in [-0.3, -0.25) is 9.78 Å². The molecule has 1 amide bonds. The van der Waals surface area contributed by atoms with Gasteiger partial charge < -0.3 is 23.8 Å². The Labute approximate surface area is 208 Å². The molecule has 0 spiro atoms. The zero-order valence-electron chi connectivity index (χ0n) is 18.1. The number of methoxy groups -OCH3 is 2. The lowest BCUT2D eigenvalue weighted by atomic mass is 10.1. The summed E-state index contributed by atoms with van der Waals surface area (Å²) in [5.74, 6) is 2.22. The van der Waals surface area contributed by atoms with Crippen LogP contribution in [0.3, 0.4) is 0 Å². The fraction of sp³-hybridized carbons (Fsp3) is 0.304. The number of nitrogens with zero attached hydrogens (tertiary/aromatic N) is 2. The van der Waals surface area contributed by atoms with Gasteiger partial charge in [-0.15, -0.1) is 0 Å². The summed E-state index contributed by atoms with van der Waals surface area (Å²) in [5.41, 5.74) is 1.98. The van der Waals surface area contributed by atoms with Gasteiger partial charge in [0.05, 0.1) is 35.5 Å². The van der Waals surface area contributed by atoms with Crippen LogP contribution < -0.4 is 23.8 Å². The molecule has 1 aliphatic heterocycles. The number of aromatic nitrogens is 1. The molecule has 7 nitrogen and oxygen atoms in total. The summed E-state index contributed by atoms with van der Waals surface area (Å²) in [4.78, 5) is 20.3. The highest BCUT2D eigenvalue weighted by molar-refractivity contribution is 14.1. The smallest absolute Gasteiger partial charge is 0.259 e. The van der Waals surface area contributed by atoms with Gasteiger partial charge in [0.1, 0.15) is 0 Å². The third kappa shape index (κ3) is 3.96. The van der Waals surface area contributed by atoms with Gasteiger partial charge >= 0.3 is 0 Å². The molecule has 9 heteroatoms. The summed E-state index contributed by atoms with van der Waals surface area (Å²) in [6.07, 6.45) is 2.47. The molecule has 0 radical (unpaired) electrons. The number of hydrogen-bond acceptors (Lipinski definition) is 6. The number of ether oxygens (including phenoxy) is 4. The molecule has 0 bridgehead atoms. The van der Waals surface area contributed by atoms with Crippen molar-refractivity contribution in [1.82, 2.24) is 4.98 Å². The van der Waals surface area contributed by atoms with Crippen molar-refractivity contribution in [2.75, 3.05) is 25.9 Å². The summed E-state index contributed by atoms with van der Waals surface area (Å²) in [5, 5.41) is 0.799. The first-order valence-corrected chi connectivity index (χ1v) is 11.9. The number of rotatable bonds is 6. The number of anilines is 1. The molecule has 1 atom stereocenters. The van der Waals surface area contributed by atoms with Crippen LogP contribution in [0.2, 0.25) is 0 Å². The standard InChI is InChI=1S/C23H22BrIN2O5/c1-5-12(2)27(23(28)13-6-18(29-3)19(30-4)8-16(13)25)22-14-7-20-21(32-11-31-20)9-17(14)26-10-15(22)24/h6-10,12H,5,11H2,1-4H3. The van der Waals surface area contributed by atoms with E-state index in [9.17, 15) is 4.79 Å². The van der Waals surface area contributed by atoms with Crippen LogP contribution in [-0.4, -0.2) is 37.9 Å². The SMILES string of the molecule is CCC(C)N(C(=O)c1cc(OC)c(OC)cc1I)c1c(Br)cnc2cc3c(cc12)OCO3. The molecule has 168 valence electrons. The second-order valence-corrected chi connectivity index (χ2v) is 9.31. The minimum absolute atomic E-state index is 0.0845. The average Bonchev–Trinajstić information content (AvgIpc) is 3.26. The van der Waals surface area contributed by atoms with E-state index in [1.807, 2.05) is 19.1 Å². The quantitative estimate of drug-likeness (QED) is 0.328. The molecular formula is C23H22BrIN2O5. The number of carbonyl (C=O) groups is 1. The van der Waals surface area contributed by atoms with Crippen LogP contribution in [0.1, 0.15) is 30.6 Å². The lowest BCUT2D eigenvalue weighted by molar-refractivity contribution is 0.0976. The van der Waals surface area contributed by atoms with Crippen LogP contribution >= 0.6 is 38.5 Å². The van der Waals surface area contributed by atoms with Gasteiger partial charge in [-0.2, -0.15) is 0 Å². The molecule has 2 aromatic carbocycles. The van der Waals surface area contributed by atoms with Crippen molar-refractivity contribution in [1.29, 1.82) is 0 Å². The van der Waals surface area contributed by atoms with Crippen molar-refractivity contribution in [3.8, 4) is 23.0 Å². The van der Waals surface area contributed by atoms with E-state index < -0.39 is 0 Å². The molecule has 0 fully saturated rings. The molecule has 1 unspecified atom stereocenters. The summed E-state index contributed by atoms with van der Waals surface area (Å²) in [7, 11) is 3.13. The van der Waals surface area contributed by atoms with Crippen LogP contribution in [0.5, 0.6) is 23.0 Å². The lowest BCUT2D eigenvalue weighted by Crippen LogP contribution is -2.39. The molecule has 1 aromatic heterocycles. The van der Waals surface area contributed by atoms with Gasteiger partial charge in [-0.25, -0.2) is 0 Å². The zero-order valence-corrected chi connectivity index (χ0v) is 21.8. The summed E-state index contributed by atoms with van der Waals surface area (Å²) < 4.78 is 23.4. The highest BCUT2D eigenvalue weighted by Crippen LogP contribution is 2.43. The Morgan fingerprint density at radius 2 is 1.84 bits per heavy atom. The summed E-state index contributed by atoms with van der Waals surface area (Å²) in [6.45, 7) is 4.24. The second kappa shape index (κ2) is 9.30. The Balaban J connectivity index is 1.92. The van der Waals surface area contributed by atoms with E-state index >= 15 is 0 Å². The van der Waals surface area contributed by atoms with Gasteiger partial charge in [0.25, 0.3) is 5.91 Å². The minimum Gasteiger partial charge on any atom is -0.493 e. The zero-order chi connectivity index (χ0) is 23.0. The van der Waals surface area contributed by atoms with E-state index in [0.29, 0.717) is 33.0 Å². The third-order valence-electron chi connectivity index (χ3n) is 5.48. The van der Waals surface area contributed by atoms with Crippen molar-refractivity contribution >= 4 is 61.0 Å². The number of fused-ring (bicyclic) bond motifs is 2. The summed E-state index contributed by atoms with van der Waals surface area (Å²) >= 11 is 5.78. The largest absolute Gasteiger partial charge is 0.493 e. The second-order valence-electron chi connectivity index (χ2n) is 7.30. The van der Waals surface area contributed by atoms with Gasteiger partial charge in [-0.1, -0.05) is 6.92 Å². The molecular weight excluding hydrogens is 591 g/mol. The Hall–Kier alpha value is -2.27. The topological polar surface area (TPSA) is 70.1 Å². The van der Waals surface area contributed by atoms with Crippen LogP contribution in [0.4, 0.5) is 5.69 Å². The first kappa shape index (κ1) is 22.9. The third-order valence-corrected chi connectivity index (χ3v) is 6.96. The molecule has 0 N–H and O–H groups in total. The van der Waals surface area contributed by atoms with Crippen LogP contribution in [0.15, 0.2) is 34.9 Å². The molecule has 1 aliphatic rings. The molecule has 4 rings (SSSR count). The van der Waals surface area contributed by atoms with Crippen molar-refractivity contribution in [3.05, 3.63) is 44.1 Å². The Kier molecular flexibility index (Phi) is 6.66. The molecule has 0 saturated carbocycles. The normalized spacial score (nSPS) is 13.2. The molecule has 0 aliphatic carbocycles. The van der Waals surface area contributed by atoms with Gasteiger partial charge in [-0.05, 0) is 70.1 Å². The summed E-state index contributed by atoms with van der Waals surface area (Å²) in [6, 6.07) is 7.17. The molecule has 0 saturated heterocycles. The lowest BCUT2D eigenvalue weighted by Gasteiger charge is -2.31. The number of pyridine rings is 1. The fourth-order valence-corrected chi connectivity index (χ4v) is 4.82. The van der Waals surface area contributed by atoms with Crippen LogP contribution in [0.25, 0.3) is 10.9 Å². The molecule has 2 heterocycles. The van der Waals surface area contributed by atoms with E-state index in [2.05, 4.69) is 50.4 Å². The van der Waals surface area contributed by atoms with E-state index in [1.165, 1.54) is 0 Å². The monoisotopic (exact) mass is 612 g/mol. The Bertz CT molecular complexity index is 1200. The number of benzene rings is 2. The number of carbonyl (C=O) groups excluding carboxylic acids is 1. The minimum atomic E-state index is -0.143. The van der Waals surface area contributed by atoms with Gasteiger partial charge in [0.15, 0.2) is 23.0 Å². The van der Waals surface area contributed by atoms with Gasteiger partial charge in [0, 0.05) is 27.3 Å². The molecule has 3 aromatic rings. The van der Waals surface area contributed by atoms with Crippen LogP contribution in [-0.2, 0) is 0 Å². The van der Waals surface area contributed by atoms with Gasteiger partial charge in [0.2, 0.25) is 6.79 Å². The van der Waals surface area contributed by atoms with Crippen molar-refractivity contribution < 1.29 is 23.7 Å². The predicted molar refractivity (Wildman–Crippen MR) is 134 cm³/mol. The van der Waals surface area contributed by atoms with Crippen molar-refractivity contribution in [3.63, 3.8) is 0 Å². The van der Waals surface area contributed by atoms with Crippen molar-refractivity contribution in [2.45, 2.75) is 26.3 Å². The van der Waals surface area contributed by atoms with E-state index in [4.69, 9.17) is 18.9 Å². The van der Waals surface area contributed by atoms with E-state index in [1.54, 1.807) is 37.4 Å². The van der Waals surface area contributed by atoms with Crippen molar-refractivity contribution in [2.24, 2.45) is 0 Å². The molecule has 32 heavy (non-hydrogen) atoms. The Morgan fingerprint density at radius 3 is 2.50 bits per heavy atom. The number of amides is 1. The number of hydrogen-bond donors (Lipinski definition) is 0. The van der Waals surface area contributed by atoms with E-state index in [-0.39, 0.29) is 18.7 Å². The highest BCUT2D eigenvalue weighted by atomic mass is 127. The maximum Gasteiger partial charge on any atom is 0.259 e. The van der Waals surface area contributed by atoms with Crippen LogP contribution in [0, 0.1) is 3.57 Å². The maximum absolute atomic E-state index is 14.0. The first-order valence-electron chi connectivity index (χ1n) is 10.0. The average molecular weight is 613 g/mol. The highest BCUT2D eigenvalue weighted by Gasteiger charge is 2.30. The maximum atomic E-state index is 14.0.